The number of hydrogen-bond donors (Lipinski definition) is 2. The van der Waals surface area contributed by atoms with Crippen LogP contribution in [0, 0.1) is 13.8 Å². The van der Waals surface area contributed by atoms with Crippen LogP contribution in [0.2, 0.25) is 0 Å². The molecule has 2 N–H and O–H groups in total. The number of carbonyl (C=O) groups is 1. The van der Waals surface area contributed by atoms with Gasteiger partial charge in [-0.1, -0.05) is 0 Å². The van der Waals surface area contributed by atoms with Crippen molar-refractivity contribution in [1.82, 2.24) is 9.88 Å². The number of carbonyl (C=O) groups excluding carboxylic acids is 1. The Kier molecular flexibility index (Phi) is 4.30. The van der Waals surface area contributed by atoms with Crippen LogP contribution in [0.25, 0.3) is 0 Å². The van der Waals surface area contributed by atoms with Crippen molar-refractivity contribution in [2.75, 3.05) is 0 Å². The van der Waals surface area contributed by atoms with E-state index in [0.717, 1.165) is 49.2 Å². The Bertz CT molecular complexity index is 457. The molecule has 4 heteroatoms. The number of rotatable bonds is 3. The van der Waals surface area contributed by atoms with Gasteiger partial charge in [0.25, 0.3) is 5.91 Å². The van der Waals surface area contributed by atoms with E-state index in [-0.39, 0.29) is 18.1 Å². The summed E-state index contributed by atoms with van der Waals surface area (Å²) in [6, 6.07) is 2.17. The van der Waals surface area contributed by atoms with Gasteiger partial charge in [0.1, 0.15) is 0 Å². The molecule has 1 aromatic rings. The lowest BCUT2D eigenvalue weighted by atomic mass is 9.93. The summed E-state index contributed by atoms with van der Waals surface area (Å²) in [7, 11) is 0. The number of aliphatic hydroxyl groups excluding tert-OH is 1. The van der Waals surface area contributed by atoms with Gasteiger partial charge in [-0.25, -0.2) is 0 Å². The highest BCUT2D eigenvalue weighted by molar-refractivity contribution is 5.95. The zero-order chi connectivity index (χ0) is 14.0. The summed E-state index contributed by atoms with van der Waals surface area (Å²) in [5, 5.41) is 12.6. The number of aromatic nitrogens is 1. The molecule has 1 fully saturated rings. The van der Waals surface area contributed by atoms with Crippen LogP contribution in [0.1, 0.15) is 54.4 Å². The Balaban J connectivity index is 2.04. The lowest BCUT2D eigenvalue weighted by Crippen LogP contribution is -2.38. The predicted molar refractivity (Wildman–Crippen MR) is 75.3 cm³/mol. The van der Waals surface area contributed by atoms with E-state index < -0.39 is 0 Å². The standard InChI is InChI=1S/C15H24N2O2/c1-4-17-10(2)9-14(11(17)3)15(19)16-12-5-7-13(18)8-6-12/h9,12-13,18H,4-8H2,1-3H3,(H,16,19). The first-order valence-corrected chi connectivity index (χ1v) is 7.18. The molecule has 19 heavy (non-hydrogen) atoms. The van der Waals surface area contributed by atoms with Gasteiger partial charge in [0.2, 0.25) is 0 Å². The molecule has 1 aliphatic carbocycles. The zero-order valence-electron chi connectivity index (χ0n) is 12.1. The van der Waals surface area contributed by atoms with Crippen LogP contribution in [-0.4, -0.2) is 27.7 Å². The first-order valence-electron chi connectivity index (χ1n) is 7.18. The maximum atomic E-state index is 12.3. The monoisotopic (exact) mass is 264 g/mol. The third-order valence-corrected chi connectivity index (χ3v) is 4.17. The van der Waals surface area contributed by atoms with E-state index in [4.69, 9.17) is 0 Å². The number of nitrogens with one attached hydrogen (secondary N) is 1. The largest absolute Gasteiger partial charge is 0.393 e. The average molecular weight is 264 g/mol. The molecule has 1 aliphatic rings. The lowest BCUT2D eigenvalue weighted by Gasteiger charge is -2.26. The van der Waals surface area contributed by atoms with E-state index in [1.54, 1.807) is 0 Å². The Morgan fingerprint density at radius 2 is 2.00 bits per heavy atom. The molecule has 0 unspecified atom stereocenters. The molecule has 0 bridgehead atoms. The van der Waals surface area contributed by atoms with Crippen LogP contribution < -0.4 is 5.32 Å². The fourth-order valence-corrected chi connectivity index (χ4v) is 3.00. The fraction of sp³-hybridized carbons (Fsp3) is 0.667. The third kappa shape index (κ3) is 3.00. The summed E-state index contributed by atoms with van der Waals surface area (Å²) in [5.74, 6) is 0.0224. The summed E-state index contributed by atoms with van der Waals surface area (Å²) in [5.41, 5.74) is 2.95. The van der Waals surface area contributed by atoms with E-state index in [0.29, 0.717) is 0 Å². The molecule has 1 saturated carbocycles. The molecule has 0 saturated heterocycles. The molecular formula is C15H24N2O2. The Hall–Kier alpha value is -1.29. The van der Waals surface area contributed by atoms with Crippen LogP contribution in [0.3, 0.4) is 0 Å². The van der Waals surface area contributed by atoms with Crippen molar-refractivity contribution in [1.29, 1.82) is 0 Å². The van der Waals surface area contributed by atoms with Crippen LogP contribution in [0.15, 0.2) is 6.07 Å². The Labute approximate surface area is 114 Å². The molecule has 106 valence electrons. The maximum Gasteiger partial charge on any atom is 0.253 e. The van der Waals surface area contributed by atoms with Crippen molar-refractivity contribution >= 4 is 5.91 Å². The zero-order valence-corrected chi connectivity index (χ0v) is 12.1. The number of amides is 1. The quantitative estimate of drug-likeness (QED) is 0.879. The molecular weight excluding hydrogens is 240 g/mol. The van der Waals surface area contributed by atoms with Gasteiger partial charge in [0.05, 0.1) is 11.7 Å². The molecule has 0 spiro atoms. The highest BCUT2D eigenvalue weighted by atomic mass is 16.3. The molecule has 1 aromatic heterocycles. The molecule has 0 aromatic carbocycles. The van der Waals surface area contributed by atoms with Crippen LogP contribution in [0.4, 0.5) is 0 Å². The van der Waals surface area contributed by atoms with E-state index in [1.807, 2.05) is 19.9 Å². The SMILES string of the molecule is CCn1c(C)cc(C(=O)NC2CCC(O)CC2)c1C. The maximum absolute atomic E-state index is 12.3. The minimum absolute atomic E-state index is 0.0224. The van der Waals surface area contributed by atoms with Crippen LogP contribution >= 0.6 is 0 Å². The van der Waals surface area contributed by atoms with Crippen molar-refractivity contribution in [3.05, 3.63) is 23.0 Å². The van der Waals surface area contributed by atoms with Gasteiger partial charge in [-0.15, -0.1) is 0 Å². The lowest BCUT2D eigenvalue weighted by molar-refractivity contribution is 0.0867. The van der Waals surface area contributed by atoms with Crippen molar-refractivity contribution in [2.24, 2.45) is 0 Å². The molecule has 4 nitrogen and oxygen atoms in total. The normalized spacial score (nSPS) is 23.4. The highest BCUT2D eigenvalue weighted by Gasteiger charge is 2.22. The van der Waals surface area contributed by atoms with Gasteiger partial charge < -0.3 is 15.0 Å². The summed E-state index contributed by atoms with van der Waals surface area (Å²) >= 11 is 0. The van der Waals surface area contributed by atoms with Crippen LogP contribution in [0.5, 0.6) is 0 Å². The van der Waals surface area contributed by atoms with E-state index in [9.17, 15) is 9.90 Å². The minimum atomic E-state index is -0.182. The summed E-state index contributed by atoms with van der Waals surface area (Å²) in [6.07, 6.45) is 3.15. The third-order valence-electron chi connectivity index (χ3n) is 4.17. The smallest absolute Gasteiger partial charge is 0.253 e. The van der Waals surface area contributed by atoms with Crippen molar-refractivity contribution < 1.29 is 9.90 Å². The second-order valence-corrected chi connectivity index (χ2v) is 5.51. The fourth-order valence-electron chi connectivity index (χ4n) is 3.00. The predicted octanol–water partition coefficient (Wildman–Crippen LogP) is 2.16. The van der Waals surface area contributed by atoms with E-state index in [1.165, 1.54) is 0 Å². The van der Waals surface area contributed by atoms with Gasteiger partial charge in [-0.2, -0.15) is 0 Å². The van der Waals surface area contributed by atoms with Gasteiger partial charge >= 0.3 is 0 Å². The molecule has 2 rings (SSSR count). The van der Waals surface area contributed by atoms with Crippen molar-refractivity contribution in [3.8, 4) is 0 Å². The summed E-state index contributed by atoms with van der Waals surface area (Å²) in [6.45, 7) is 7.01. The molecule has 1 heterocycles. The summed E-state index contributed by atoms with van der Waals surface area (Å²) in [4.78, 5) is 12.3. The van der Waals surface area contributed by atoms with Gasteiger partial charge in [-0.3, -0.25) is 4.79 Å². The van der Waals surface area contributed by atoms with Gasteiger partial charge in [-0.05, 0) is 52.5 Å². The number of nitrogens with zero attached hydrogens (tertiary/aromatic N) is 1. The Morgan fingerprint density at radius 1 is 1.37 bits per heavy atom. The second-order valence-electron chi connectivity index (χ2n) is 5.51. The van der Waals surface area contributed by atoms with Crippen molar-refractivity contribution in [2.45, 2.75) is 65.1 Å². The Morgan fingerprint density at radius 3 is 2.53 bits per heavy atom. The topological polar surface area (TPSA) is 54.3 Å². The van der Waals surface area contributed by atoms with E-state index >= 15 is 0 Å². The minimum Gasteiger partial charge on any atom is -0.393 e. The number of aryl methyl sites for hydroxylation is 1. The molecule has 0 aliphatic heterocycles. The average Bonchev–Trinajstić information content (AvgIpc) is 2.67. The molecule has 0 atom stereocenters. The molecule has 0 radical (unpaired) electrons. The summed E-state index contributed by atoms with van der Waals surface area (Å²) < 4.78 is 2.15. The van der Waals surface area contributed by atoms with Crippen molar-refractivity contribution in [3.63, 3.8) is 0 Å². The van der Waals surface area contributed by atoms with Crippen LogP contribution in [-0.2, 0) is 6.54 Å². The number of hydrogen-bond acceptors (Lipinski definition) is 2. The second kappa shape index (κ2) is 5.78. The van der Waals surface area contributed by atoms with Gasteiger partial charge in [0.15, 0.2) is 0 Å². The number of aliphatic hydroxyl groups is 1. The van der Waals surface area contributed by atoms with E-state index in [2.05, 4.69) is 16.8 Å². The van der Waals surface area contributed by atoms with Gasteiger partial charge in [0, 0.05) is 24.0 Å². The molecule has 1 amide bonds. The first-order chi connectivity index (χ1) is 9.02. The highest BCUT2D eigenvalue weighted by Crippen LogP contribution is 2.20. The first kappa shape index (κ1) is 14.1.